The smallest absolute Gasteiger partial charge is 0.303 e. The topological polar surface area (TPSA) is 135 Å². The van der Waals surface area contributed by atoms with Crippen LogP contribution in [0.15, 0.2) is 0 Å². The second-order valence-electron chi connectivity index (χ2n) is 5.46. The Morgan fingerprint density at radius 3 is 2.08 bits per heavy atom. The molecule has 0 aromatic carbocycles. The average Bonchev–Trinajstić information content (AvgIpc) is 2.44. The van der Waals surface area contributed by atoms with Gasteiger partial charge in [0.1, 0.15) is 18.8 Å². The quantitative estimate of drug-likeness (QED) is 0.484. The summed E-state index contributed by atoms with van der Waals surface area (Å²) in [6.07, 6.45) is -6.08. The van der Waals surface area contributed by atoms with Crippen LogP contribution < -0.4 is 0 Å². The van der Waals surface area contributed by atoms with E-state index in [1.807, 2.05) is 0 Å². The zero-order valence-corrected chi connectivity index (χ0v) is 14.4. The molecule has 25 heavy (non-hydrogen) atoms. The largest absolute Gasteiger partial charge is 0.462 e. The maximum Gasteiger partial charge on any atom is 0.303 e. The van der Waals surface area contributed by atoms with E-state index in [0.717, 1.165) is 27.7 Å². The lowest BCUT2D eigenvalue weighted by Crippen LogP contribution is -2.57. The van der Waals surface area contributed by atoms with Gasteiger partial charge in [-0.05, 0) is 0 Å². The van der Waals surface area contributed by atoms with E-state index in [1.165, 1.54) is 0 Å². The summed E-state index contributed by atoms with van der Waals surface area (Å²) in [6, 6.07) is 0. The molecule has 0 amide bonds. The van der Waals surface area contributed by atoms with Crippen molar-refractivity contribution >= 4 is 23.9 Å². The molecule has 1 rings (SSSR count). The Labute approximate surface area is 144 Å². The number of esters is 4. The van der Waals surface area contributed by atoms with Gasteiger partial charge in [-0.25, -0.2) is 0 Å². The lowest BCUT2D eigenvalue weighted by atomic mass is 9.96. The molecule has 0 aromatic rings. The first kappa shape index (κ1) is 20.8. The van der Waals surface area contributed by atoms with Gasteiger partial charge in [-0.1, -0.05) is 0 Å². The second kappa shape index (κ2) is 9.33. The highest BCUT2D eigenvalue weighted by atomic mass is 16.7. The van der Waals surface area contributed by atoms with Gasteiger partial charge in [-0.15, -0.1) is 0 Å². The summed E-state index contributed by atoms with van der Waals surface area (Å²) in [4.78, 5) is 45.1. The van der Waals surface area contributed by atoms with Crippen LogP contribution in [0.2, 0.25) is 0 Å². The van der Waals surface area contributed by atoms with Gasteiger partial charge >= 0.3 is 23.9 Å². The molecule has 0 aromatic heterocycles. The van der Waals surface area contributed by atoms with Crippen LogP contribution in [-0.2, 0) is 42.9 Å². The molecule has 1 heterocycles. The van der Waals surface area contributed by atoms with Crippen LogP contribution in [0, 0.1) is 0 Å². The lowest BCUT2D eigenvalue weighted by molar-refractivity contribution is -0.268. The molecule has 0 spiro atoms. The summed E-state index contributed by atoms with van der Waals surface area (Å²) in [5.41, 5.74) is 0. The predicted molar refractivity (Wildman–Crippen MR) is 78.8 cm³/mol. The molecule has 5 atom stereocenters. The SMILES string of the molecule is CC(=O)OCC(OC(C)=O)C1O[C@H](O)CC(OC(C)=O)C1OC(C)=O. The van der Waals surface area contributed by atoms with Gasteiger partial charge in [-0.3, -0.25) is 19.2 Å². The molecule has 0 bridgehead atoms. The summed E-state index contributed by atoms with van der Waals surface area (Å²) in [5, 5.41) is 9.87. The summed E-state index contributed by atoms with van der Waals surface area (Å²) in [5.74, 6) is -2.68. The number of ether oxygens (including phenoxy) is 5. The Morgan fingerprint density at radius 2 is 1.60 bits per heavy atom. The molecule has 0 saturated carbocycles. The van der Waals surface area contributed by atoms with Crippen molar-refractivity contribution in [2.75, 3.05) is 6.61 Å². The molecule has 10 heteroatoms. The average molecular weight is 362 g/mol. The molecule has 1 saturated heterocycles. The minimum atomic E-state index is -1.36. The molecule has 1 fully saturated rings. The van der Waals surface area contributed by atoms with Crippen molar-refractivity contribution in [3.05, 3.63) is 0 Å². The van der Waals surface area contributed by atoms with E-state index in [9.17, 15) is 24.3 Å². The van der Waals surface area contributed by atoms with E-state index >= 15 is 0 Å². The summed E-state index contributed by atoms with van der Waals surface area (Å²) < 4.78 is 25.5. The van der Waals surface area contributed by atoms with Crippen LogP contribution in [-0.4, -0.2) is 66.3 Å². The van der Waals surface area contributed by atoms with Crippen LogP contribution >= 0.6 is 0 Å². The number of carbonyl (C=O) groups excluding carboxylic acids is 4. The maximum atomic E-state index is 11.4. The van der Waals surface area contributed by atoms with Gasteiger partial charge in [0.25, 0.3) is 0 Å². The van der Waals surface area contributed by atoms with Crippen molar-refractivity contribution in [3.63, 3.8) is 0 Å². The highest BCUT2D eigenvalue weighted by Gasteiger charge is 2.47. The first-order valence-electron chi connectivity index (χ1n) is 7.58. The van der Waals surface area contributed by atoms with Gasteiger partial charge in [-0.2, -0.15) is 0 Å². The van der Waals surface area contributed by atoms with Crippen molar-refractivity contribution in [2.45, 2.75) is 64.8 Å². The minimum absolute atomic E-state index is 0.144. The number of hydrogen-bond donors (Lipinski definition) is 1. The zero-order valence-electron chi connectivity index (χ0n) is 14.4. The molecule has 0 aliphatic carbocycles. The van der Waals surface area contributed by atoms with Gasteiger partial charge in [0.05, 0.1) is 0 Å². The fourth-order valence-electron chi connectivity index (χ4n) is 2.43. The lowest BCUT2D eigenvalue weighted by Gasteiger charge is -2.41. The van der Waals surface area contributed by atoms with E-state index in [0.29, 0.717) is 0 Å². The van der Waals surface area contributed by atoms with Gasteiger partial charge in [0, 0.05) is 34.1 Å². The molecule has 1 N–H and O–H groups in total. The van der Waals surface area contributed by atoms with E-state index < -0.39 is 61.2 Å². The Hall–Kier alpha value is -2.20. The molecular weight excluding hydrogens is 340 g/mol. The van der Waals surface area contributed by atoms with Crippen molar-refractivity contribution in [2.24, 2.45) is 0 Å². The standard InChI is InChI=1S/C15H22O10/c1-7(16)21-6-12(23-9(3)18)15-14(24-10(4)19)11(22-8(2)17)5-13(20)25-15/h11-15,20H,5-6H2,1-4H3/t11?,12?,13-,14?,15?/m0/s1. The van der Waals surface area contributed by atoms with E-state index in [1.54, 1.807) is 0 Å². The highest BCUT2D eigenvalue weighted by molar-refractivity contribution is 5.68. The molecule has 1 aliphatic heterocycles. The van der Waals surface area contributed by atoms with Crippen molar-refractivity contribution in [1.29, 1.82) is 0 Å². The number of aliphatic hydroxyl groups is 1. The summed E-state index contributed by atoms with van der Waals surface area (Å²) in [6.45, 7) is 4.19. The fourth-order valence-corrected chi connectivity index (χ4v) is 2.43. The van der Waals surface area contributed by atoms with Crippen LogP contribution in [0.25, 0.3) is 0 Å². The molecule has 142 valence electrons. The van der Waals surface area contributed by atoms with E-state index in [-0.39, 0.29) is 6.42 Å². The molecular formula is C15H22O10. The minimum Gasteiger partial charge on any atom is -0.462 e. The number of hydrogen-bond acceptors (Lipinski definition) is 10. The van der Waals surface area contributed by atoms with Crippen LogP contribution in [0.4, 0.5) is 0 Å². The highest BCUT2D eigenvalue weighted by Crippen LogP contribution is 2.28. The van der Waals surface area contributed by atoms with E-state index in [4.69, 9.17) is 23.7 Å². The van der Waals surface area contributed by atoms with E-state index in [2.05, 4.69) is 0 Å². The maximum absolute atomic E-state index is 11.4. The van der Waals surface area contributed by atoms with Crippen molar-refractivity contribution < 1.29 is 48.0 Å². The van der Waals surface area contributed by atoms with Crippen molar-refractivity contribution in [1.82, 2.24) is 0 Å². The molecule has 4 unspecified atom stereocenters. The normalized spacial score (nSPS) is 26.9. The first-order valence-corrected chi connectivity index (χ1v) is 7.58. The zero-order chi connectivity index (χ0) is 19.1. The Balaban J connectivity index is 3.09. The van der Waals surface area contributed by atoms with Crippen LogP contribution in [0.5, 0.6) is 0 Å². The Bertz CT molecular complexity index is 516. The van der Waals surface area contributed by atoms with Crippen molar-refractivity contribution in [3.8, 4) is 0 Å². The Morgan fingerprint density at radius 1 is 1.00 bits per heavy atom. The Kier molecular flexibility index (Phi) is 7.78. The third-order valence-electron chi connectivity index (χ3n) is 3.19. The third kappa shape index (κ3) is 7.06. The summed E-state index contributed by atoms with van der Waals surface area (Å²) in [7, 11) is 0. The molecule has 0 radical (unpaired) electrons. The molecule has 10 nitrogen and oxygen atoms in total. The number of aliphatic hydroxyl groups excluding tert-OH is 1. The fraction of sp³-hybridized carbons (Fsp3) is 0.733. The number of rotatable bonds is 6. The van der Waals surface area contributed by atoms with Gasteiger partial charge in [0.15, 0.2) is 18.5 Å². The second-order valence-corrected chi connectivity index (χ2v) is 5.46. The van der Waals surface area contributed by atoms with Gasteiger partial charge in [0.2, 0.25) is 0 Å². The molecule has 1 aliphatic rings. The third-order valence-corrected chi connectivity index (χ3v) is 3.19. The predicted octanol–water partition coefficient (Wildman–Crippen LogP) is -0.548. The summed E-state index contributed by atoms with van der Waals surface area (Å²) >= 11 is 0. The monoisotopic (exact) mass is 362 g/mol. The van der Waals surface area contributed by atoms with Crippen LogP contribution in [0.1, 0.15) is 34.1 Å². The van der Waals surface area contributed by atoms with Gasteiger partial charge < -0.3 is 28.8 Å². The van der Waals surface area contributed by atoms with Crippen LogP contribution in [0.3, 0.4) is 0 Å². The number of carbonyl (C=O) groups is 4. The first-order chi connectivity index (χ1) is 11.6.